The Labute approximate surface area is 132 Å². The number of para-hydroxylation sites is 1. The average molecular weight is 374 g/mol. The molecule has 0 spiro atoms. The number of rotatable bonds is 3. The maximum absolute atomic E-state index is 12.2. The largest absolute Gasteiger partial charge is 0.504 e. The molecule has 0 saturated heterocycles. The van der Waals surface area contributed by atoms with Gasteiger partial charge in [0.15, 0.2) is 17.2 Å². The van der Waals surface area contributed by atoms with Crippen molar-refractivity contribution in [3.05, 3.63) is 42.5 Å². The van der Waals surface area contributed by atoms with Crippen molar-refractivity contribution < 1.29 is 44.3 Å². The molecule has 3 N–H and O–H groups in total. The van der Waals surface area contributed by atoms with Crippen molar-refractivity contribution in [3.8, 4) is 23.0 Å². The zero-order valence-corrected chi connectivity index (χ0v) is 12.4. The van der Waals surface area contributed by atoms with Crippen LogP contribution in [0.15, 0.2) is 47.4 Å². The Kier molecular flexibility index (Phi) is 4.63. The highest BCUT2D eigenvalue weighted by Gasteiger charge is 2.65. The molecule has 0 unspecified atom stereocenters. The molecule has 0 aliphatic carbocycles. The Bertz CT molecular complexity index is 711. The third kappa shape index (κ3) is 5.50. The maximum Gasteiger partial charge on any atom is 0.310 e. The lowest BCUT2D eigenvalue weighted by Gasteiger charge is -2.40. The van der Waals surface area contributed by atoms with E-state index in [0.29, 0.717) is 12.1 Å². The van der Waals surface area contributed by atoms with Crippen LogP contribution in [-0.4, -0.2) is 21.8 Å². The minimum atomic E-state index is -9.62. The highest BCUT2D eigenvalue weighted by atomic mass is 32.5. The van der Waals surface area contributed by atoms with Crippen LogP contribution in [0.1, 0.15) is 0 Å². The summed E-state index contributed by atoms with van der Waals surface area (Å²) in [4.78, 5) is 7.78. The molecule has 0 fully saturated rings. The van der Waals surface area contributed by atoms with E-state index in [1.807, 2.05) is 0 Å². The van der Waals surface area contributed by atoms with E-state index in [2.05, 4.69) is 4.74 Å². The number of phenolic OH excluding ortho intramolecular Hbond substituents is 3. The smallest absolute Gasteiger partial charge is 0.310 e. The van der Waals surface area contributed by atoms with E-state index in [-0.39, 0.29) is 35.9 Å². The highest BCUT2D eigenvalue weighted by molar-refractivity contribution is 8.45. The number of benzene rings is 2. The highest BCUT2D eigenvalue weighted by Crippen LogP contribution is 3.02. The number of aromatic hydroxyl groups is 3. The van der Waals surface area contributed by atoms with Crippen molar-refractivity contribution in [3.63, 3.8) is 0 Å². The summed E-state index contributed by atoms with van der Waals surface area (Å²) in [6.07, 6.45) is 0. The molecule has 2 aromatic rings. The van der Waals surface area contributed by atoms with E-state index < -0.39 is 20.9 Å². The second-order valence-corrected chi connectivity index (χ2v) is 6.71. The molecule has 2 rings (SSSR count). The molecular weight excluding hydrogens is 363 g/mol. The molecule has 24 heavy (non-hydrogen) atoms. The van der Waals surface area contributed by atoms with Crippen LogP contribution < -0.4 is 4.74 Å². The molecule has 0 radical (unpaired) electrons. The lowest BCUT2D eigenvalue weighted by atomic mass is 10.3. The van der Waals surface area contributed by atoms with Crippen LogP contribution in [-0.2, 0) is 4.79 Å². The van der Waals surface area contributed by atoms with Crippen LogP contribution in [0.4, 0.5) is 19.4 Å². The number of halogens is 5. The zero-order chi connectivity index (χ0) is 18.7. The maximum atomic E-state index is 12.2. The summed E-state index contributed by atoms with van der Waals surface area (Å²) in [5.41, 5.74) is 0. The molecule has 2 aromatic carbocycles. The first-order valence-corrected chi connectivity index (χ1v) is 7.84. The van der Waals surface area contributed by atoms with Gasteiger partial charge in [-0.3, -0.25) is 4.79 Å². The number of ether oxygens (including phenoxy) is 1. The van der Waals surface area contributed by atoms with Gasteiger partial charge in [0.2, 0.25) is 0 Å². The van der Waals surface area contributed by atoms with Crippen LogP contribution in [0.25, 0.3) is 0 Å². The van der Waals surface area contributed by atoms with E-state index in [4.69, 9.17) is 15.3 Å². The van der Waals surface area contributed by atoms with Gasteiger partial charge in [0.05, 0.1) is 0 Å². The number of phenols is 3. The Hall–Kier alpha value is -2.69. The van der Waals surface area contributed by atoms with Crippen molar-refractivity contribution in [1.82, 2.24) is 0 Å². The van der Waals surface area contributed by atoms with Crippen LogP contribution in [0.5, 0.6) is 23.0 Å². The quantitative estimate of drug-likeness (QED) is 0.412. The van der Waals surface area contributed by atoms with Gasteiger partial charge in [-0.05, 0) is 36.4 Å². The Morgan fingerprint density at radius 1 is 0.833 bits per heavy atom. The fourth-order valence-corrected chi connectivity index (χ4v) is 2.00. The lowest BCUT2D eigenvalue weighted by Crippen LogP contribution is -2.05. The number of hydrogen-bond acceptors (Lipinski definition) is 5. The first kappa shape index (κ1) is 19.4. The van der Waals surface area contributed by atoms with Gasteiger partial charge < -0.3 is 20.1 Å². The molecule has 0 heterocycles. The van der Waals surface area contributed by atoms with Gasteiger partial charge in [-0.15, -0.1) is 0 Å². The normalized spacial score (nSPS) is 13.7. The predicted molar refractivity (Wildman–Crippen MR) is 76.0 cm³/mol. The van der Waals surface area contributed by atoms with Gasteiger partial charge in [-0.2, -0.15) is 0 Å². The van der Waals surface area contributed by atoms with E-state index in [0.717, 1.165) is 0 Å². The summed E-state index contributed by atoms with van der Waals surface area (Å²) in [5, 5.41) is 26.1. The third-order valence-electron chi connectivity index (χ3n) is 2.45. The molecule has 0 saturated carbocycles. The van der Waals surface area contributed by atoms with Gasteiger partial charge in [-0.25, -0.2) is 0 Å². The molecule has 0 amide bonds. The monoisotopic (exact) mass is 374 g/mol. The third-order valence-corrected chi connectivity index (χ3v) is 3.61. The first-order valence-electron chi connectivity index (χ1n) is 5.89. The summed E-state index contributed by atoms with van der Waals surface area (Å²) in [7, 11) is -9.62. The molecule has 0 atom stereocenters. The predicted octanol–water partition coefficient (Wildman–Crippen LogP) is 4.68. The SMILES string of the molecule is O=COc1ccc(S(F)(F)(F)(F)F)cc1.Oc1cccc(O)c1O. The van der Waals surface area contributed by atoms with E-state index >= 15 is 0 Å². The summed E-state index contributed by atoms with van der Waals surface area (Å²) in [6, 6.07) is 5.62. The molecule has 0 aliphatic rings. The molecule has 11 heteroatoms. The second kappa shape index (κ2) is 5.74. The van der Waals surface area contributed by atoms with Gasteiger partial charge in [0, 0.05) is 0 Å². The topological polar surface area (TPSA) is 87.0 Å². The fraction of sp³-hybridized carbons (Fsp3) is 0. The van der Waals surface area contributed by atoms with Gasteiger partial charge >= 0.3 is 10.2 Å². The van der Waals surface area contributed by atoms with Crippen molar-refractivity contribution in [2.45, 2.75) is 4.90 Å². The Morgan fingerprint density at radius 2 is 1.29 bits per heavy atom. The molecule has 0 bridgehead atoms. The fourth-order valence-electron chi connectivity index (χ4n) is 1.35. The van der Waals surface area contributed by atoms with Crippen LogP contribution in [0.3, 0.4) is 0 Å². The minimum absolute atomic E-state index is 0.0191. The Morgan fingerprint density at radius 3 is 1.62 bits per heavy atom. The first-order chi connectivity index (χ1) is 10.7. The molecular formula is C13H11F5O5S. The number of carbonyl (C=O) groups excluding carboxylic acids is 1. The molecule has 0 aliphatic heterocycles. The van der Waals surface area contributed by atoms with Crippen LogP contribution in [0.2, 0.25) is 0 Å². The number of hydrogen-bond donors (Lipinski definition) is 3. The van der Waals surface area contributed by atoms with Crippen molar-refractivity contribution in [1.29, 1.82) is 0 Å². The summed E-state index contributed by atoms with van der Waals surface area (Å²) in [6.45, 7) is -0.0191. The molecule has 134 valence electrons. The standard InChI is InChI=1S/C7H5F5O2S.C6H6O3/c8-15(9,10,11,12)7-3-1-6(2-4-7)14-5-13;7-4-2-1-3-5(8)6(4)9/h1-5H;1-3,7-9H. The minimum Gasteiger partial charge on any atom is -0.504 e. The Balaban J connectivity index is 0.000000272. The molecule has 0 aromatic heterocycles. The van der Waals surface area contributed by atoms with E-state index in [1.165, 1.54) is 18.2 Å². The van der Waals surface area contributed by atoms with Crippen molar-refractivity contribution >= 4 is 16.7 Å². The van der Waals surface area contributed by atoms with E-state index in [9.17, 15) is 24.2 Å². The van der Waals surface area contributed by atoms with Crippen molar-refractivity contribution in [2.75, 3.05) is 0 Å². The van der Waals surface area contributed by atoms with Crippen LogP contribution >= 0.6 is 10.2 Å². The summed E-state index contributed by atoms with van der Waals surface area (Å²) >= 11 is 0. The molecule has 5 nitrogen and oxygen atoms in total. The lowest BCUT2D eigenvalue weighted by molar-refractivity contribution is -0.120. The number of carbonyl (C=O) groups is 1. The van der Waals surface area contributed by atoms with Crippen LogP contribution in [0, 0.1) is 0 Å². The summed E-state index contributed by atoms with van der Waals surface area (Å²) < 4.78 is 64.9. The zero-order valence-electron chi connectivity index (χ0n) is 11.6. The van der Waals surface area contributed by atoms with Crippen molar-refractivity contribution in [2.24, 2.45) is 0 Å². The van der Waals surface area contributed by atoms with E-state index in [1.54, 1.807) is 0 Å². The summed E-state index contributed by atoms with van der Waals surface area (Å²) in [5.74, 6) is -1.34. The van der Waals surface area contributed by atoms with Gasteiger partial charge in [0.25, 0.3) is 6.47 Å². The second-order valence-electron chi connectivity index (χ2n) is 4.30. The van der Waals surface area contributed by atoms with Gasteiger partial charge in [-0.1, -0.05) is 25.5 Å². The van der Waals surface area contributed by atoms with Gasteiger partial charge in [0.1, 0.15) is 10.6 Å². The average Bonchev–Trinajstić information content (AvgIpc) is 2.44.